The highest BCUT2D eigenvalue weighted by molar-refractivity contribution is 7.92. The van der Waals surface area contributed by atoms with E-state index in [4.69, 9.17) is 0 Å². The van der Waals surface area contributed by atoms with E-state index in [1.165, 1.54) is 10.6 Å². The summed E-state index contributed by atoms with van der Waals surface area (Å²) < 4.78 is 26.0. The highest BCUT2D eigenvalue weighted by Gasteiger charge is 2.26. The summed E-state index contributed by atoms with van der Waals surface area (Å²) in [6, 6.07) is 5.99. The number of hydrogen-bond acceptors (Lipinski definition) is 3. The van der Waals surface area contributed by atoms with Crippen molar-refractivity contribution in [2.45, 2.75) is 58.4 Å². The van der Waals surface area contributed by atoms with Crippen LogP contribution >= 0.6 is 0 Å². The summed E-state index contributed by atoms with van der Waals surface area (Å²) in [7, 11) is -3.54. The Morgan fingerprint density at radius 1 is 1.17 bits per heavy atom. The summed E-state index contributed by atoms with van der Waals surface area (Å²) >= 11 is 0. The molecule has 0 radical (unpaired) electrons. The average molecular weight is 353 g/mol. The standard InChI is InChI=1S/C18H28N2O3S/c1-4-14-9-8-10-15(5-2)18(14)20(24(3,22)23)13-17(21)19-16-11-6-7-12-16/h8-10,16H,4-7,11-13H2,1-3H3,(H,19,21). The molecular weight excluding hydrogens is 324 g/mol. The Morgan fingerprint density at radius 2 is 1.71 bits per heavy atom. The normalized spacial score (nSPS) is 15.5. The van der Waals surface area contributed by atoms with E-state index < -0.39 is 10.0 Å². The molecule has 0 aliphatic heterocycles. The molecule has 1 aliphatic rings. The third-order valence-corrected chi connectivity index (χ3v) is 5.73. The zero-order chi connectivity index (χ0) is 17.7. The van der Waals surface area contributed by atoms with Crippen LogP contribution in [0.25, 0.3) is 0 Å². The van der Waals surface area contributed by atoms with Gasteiger partial charge in [-0.25, -0.2) is 8.42 Å². The van der Waals surface area contributed by atoms with Crippen LogP contribution in [0.15, 0.2) is 18.2 Å². The van der Waals surface area contributed by atoms with Crippen molar-refractivity contribution >= 4 is 21.6 Å². The number of carbonyl (C=O) groups is 1. The zero-order valence-electron chi connectivity index (χ0n) is 14.8. The summed E-state index contributed by atoms with van der Waals surface area (Å²) in [5.74, 6) is -0.222. The molecule has 5 nitrogen and oxygen atoms in total. The molecule has 24 heavy (non-hydrogen) atoms. The first-order valence-corrected chi connectivity index (χ1v) is 10.6. The van der Waals surface area contributed by atoms with E-state index in [1.54, 1.807) is 0 Å². The predicted molar refractivity (Wildman–Crippen MR) is 97.8 cm³/mol. The third kappa shape index (κ3) is 4.50. The number of nitrogens with zero attached hydrogens (tertiary/aromatic N) is 1. The first kappa shape index (κ1) is 18.8. The lowest BCUT2D eigenvalue weighted by Gasteiger charge is -2.27. The largest absolute Gasteiger partial charge is 0.352 e. The van der Waals surface area contributed by atoms with Crippen LogP contribution in [-0.2, 0) is 27.7 Å². The first-order chi connectivity index (χ1) is 11.4. The molecule has 1 aromatic carbocycles. The minimum atomic E-state index is -3.54. The third-order valence-electron chi connectivity index (χ3n) is 4.62. The van der Waals surface area contributed by atoms with Crippen LogP contribution in [0.3, 0.4) is 0 Å². The monoisotopic (exact) mass is 352 g/mol. The minimum absolute atomic E-state index is 0.153. The smallest absolute Gasteiger partial charge is 0.240 e. The van der Waals surface area contributed by atoms with Crippen molar-refractivity contribution in [1.29, 1.82) is 0 Å². The Balaban J connectivity index is 2.31. The maximum atomic E-state index is 12.4. The number of aryl methyl sites for hydroxylation is 2. The van der Waals surface area contributed by atoms with Crippen LogP contribution < -0.4 is 9.62 Å². The fraction of sp³-hybridized carbons (Fsp3) is 0.611. The lowest BCUT2D eigenvalue weighted by atomic mass is 10.0. The van der Waals surface area contributed by atoms with Crippen molar-refractivity contribution in [1.82, 2.24) is 5.32 Å². The van der Waals surface area contributed by atoms with Crippen molar-refractivity contribution in [2.24, 2.45) is 0 Å². The minimum Gasteiger partial charge on any atom is -0.352 e. The average Bonchev–Trinajstić information content (AvgIpc) is 3.03. The van der Waals surface area contributed by atoms with Gasteiger partial charge in [-0.3, -0.25) is 9.10 Å². The van der Waals surface area contributed by atoms with E-state index in [-0.39, 0.29) is 18.5 Å². The topological polar surface area (TPSA) is 66.5 Å². The van der Waals surface area contributed by atoms with E-state index in [0.717, 1.165) is 49.7 Å². The number of benzene rings is 1. The number of rotatable bonds is 7. The fourth-order valence-electron chi connectivity index (χ4n) is 3.37. The number of carbonyl (C=O) groups excluding carboxylic acids is 1. The Morgan fingerprint density at radius 3 is 2.17 bits per heavy atom. The van der Waals surface area contributed by atoms with Crippen molar-refractivity contribution in [3.8, 4) is 0 Å². The fourth-order valence-corrected chi connectivity index (χ4v) is 4.29. The Bertz CT molecular complexity index is 657. The highest BCUT2D eigenvalue weighted by atomic mass is 32.2. The molecule has 1 saturated carbocycles. The number of nitrogens with one attached hydrogen (secondary N) is 1. The Labute approximate surface area is 145 Å². The van der Waals surface area contributed by atoms with Crippen LogP contribution in [0.5, 0.6) is 0 Å². The van der Waals surface area contributed by atoms with Gasteiger partial charge in [-0.15, -0.1) is 0 Å². The number of anilines is 1. The lowest BCUT2D eigenvalue weighted by Crippen LogP contribution is -2.44. The van der Waals surface area contributed by atoms with Gasteiger partial charge in [0.25, 0.3) is 0 Å². The van der Waals surface area contributed by atoms with E-state index in [2.05, 4.69) is 5.32 Å². The van der Waals surface area contributed by atoms with Gasteiger partial charge in [-0.2, -0.15) is 0 Å². The molecule has 0 heterocycles. The quantitative estimate of drug-likeness (QED) is 0.820. The summed E-state index contributed by atoms with van der Waals surface area (Å²) in [5.41, 5.74) is 2.58. The van der Waals surface area contributed by atoms with Gasteiger partial charge in [0.1, 0.15) is 6.54 Å². The summed E-state index contributed by atoms with van der Waals surface area (Å²) in [6.07, 6.45) is 6.83. The van der Waals surface area contributed by atoms with Crippen molar-refractivity contribution in [3.05, 3.63) is 29.3 Å². The molecule has 1 aliphatic carbocycles. The van der Waals surface area contributed by atoms with Gasteiger partial charge in [0.05, 0.1) is 11.9 Å². The molecule has 0 bridgehead atoms. The van der Waals surface area contributed by atoms with Gasteiger partial charge >= 0.3 is 0 Å². The first-order valence-electron chi connectivity index (χ1n) is 8.74. The molecule has 0 aromatic heterocycles. The zero-order valence-corrected chi connectivity index (χ0v) is 15.7. The van der Waals surface area contributed by atoms with Crippen LogP contribution in [0, 0.1) is 0 Å². The second-order valence-corrected chi connectivity index (χ2v) is 8.36. The van der Waals surface area contributed by atoms with Crippen LogP contribution in [0.2, 0.25) is 0 Å². The number of hydrogen-bond donors (Lipinski definition) is 1. The van der Waals surface area contributed by atoms with E-state index in [1.807, 2.05) is 32.0 Å². The highest BCUT2D eigenvalue weighted by Crippen LogP contribution is 2.29. The van der Waals surface area contributed by atoms with E-state index in [0.29, 0.717) is 5.69 Å². The summed E-state index contributed by atoms with van der Waals surface area (Å²) in [4.78, 5) is 12.4. The van der Waals surface area contributed by atoms with Gasteiger partial charge in [0.15, 0.2) is 0 Å². The number of amides is 1. The van der Waals surface area contributed by atoms with Gasteiger partial charge in [-0.1, -0.05) is 44.9 Å². The Hall–Kier alpha value is -1.56. The molecule has 0 saturated heterocycles. The van der Waals surface area contributed by atoms with Crippen LogP contribution in [-0.4, -0.2) is 33.2 Å². The molecule has 0 spiro atoms. The van der Waals surface area contributed by atoms with Crippen molar-refractivity contribution < 1.29 is 13.2 Å². The number of para-hydroxylation sites is 1. The van der Waals surface area contributed by atoms with Crippen LogP contribution in [0.4, 0.5) is 5.69 Å². The maximum absolute atomic E-state index is 12.4. The molecular formula is C18H28N2O3S. The SMILES string of the molecule is CCc1cccc(CC)c1N(CC(=O)NC1CCCC1)S(C)(=O)=O. The molecule has 1 N–H and O–H groups in total. The molecule has 1 fully saturated rings. The second-order valence-electron chi connectivity index (χ2n) is 6.45. The van der Waals surface area contributed by atoms with E-state index in [9.17, 15) is 13.2 Å². The van der Waals surface area contributed by atoms with Crippen molar-refractivity contribution in [3.63, 3.8) is 0 Å². The molecule has 2 rings (SSSR count). The van der Waals surface area contributed by atoms with Crippen molar-refractivity contribution in [2.75, 3.05) is 17.1 Å². The molecule has 134 valence electrons. The molecule has 6 heteroatoms. The van der Waals surface area contributed by atoms with Gasteiger partial charge in [0, 0.05) is 6.04 Å². The van der Waals surface area contributed by atoms with Gasteiger partial charge in [-0.05, 0) is 36.8 Å². The maximum Gasteiger partial charge on any atom is 0.240 e. The summed E-state index contributed by atoms with van der Waals surface area (Å²) in [6.45, 7) is 3.84. The van der Waals surface area contributed by atoms with E-state index >= 15 is 0 Å². The lowest BCUT2D eigenvalue weighted by molar-refractivity contribution is -0.120. The molecule has 0 unspecified atom stereocenters. The van der Waals surface area contributed by atoms with Gasteiger partial charge < -0.3 is 5.32 Å². The molecule has 1 aromatic rings. The van der Waals surface area contributed by atoms with Crippen LogP contribution in [0.1, 0.15) is 50.7 Å². The second kappa shape index (κ2) is 8.01. The predicted octanol–water partition coefficient (Wildman–Crippen LogP) is 2.64. The Kier molecular flexibility index (Phi) is 6.27. The molecule has 0 atom stereocenters. The summed E-state index contributed by atoms with van der Waals surface area (Å²) in [5, 5.41) is 2.98. The molecule has 1 amide bonds. The van der Waals surface area contributed by atoms with Gasteiger partial charge in [0.2, 0.25) is 15.9 Å². The number of sulfonamides is 1.